The van der Waals surface area contributed by atoms with Crippen molar-refractivity contribution >= 4 is 11.8 Å². The fourth-order valence-electron chi connectivity index (χ4n) is 2.01. The van der Waals surface area contributed by atoms with Crippen LogP contribution in [0.25, 0.3) is 0 Å². The third-order valence-corrected chi connectivity index (χ3v) is 3.31. The van der Waals surface area contributed by atoms with Crippen molar-refractivity contribution in [3.8, 4) is 0 Å². The Morgan fingerprint density at radius 3 is 2.82 bits per heavy atom. The number of ether oxygens (including phenoxy) is 1. The van der Waals surface area contributed by atoms with E-state index in [9.17, 15) is 9.59 Å². The van der Waals surface area contributed by atoms with Gasteiger partial charge in [0.05, 0.1) is 5.60 Å². The van der Waals surface area contributed by atoms with Crippen molar-refractivity contribution in [1.29, 1.82) is 0 Å². The van der Waals surface area contributed by atoms with Crippen LogP contribution in [0.4, 0.5) is 0 Å². The Labute approximate surface area is 101 Å². The molecule has 96 valence electrons. The van der Waals surface area contributed by atoms with E-state index in [2.05, 4.69) is 10.6 Å². The molecule has 0 aromatic rings. The fourth-order valence-corrected chi connectivity index (χ4v) is 2.01. The maximum absolute atomic E-state index is 11.6. The highest BCUT2D eigenvalue weighted by molar-refractivity contribution is 5.89. The lowest BCUT2D eigenvalue weighted by atomic mass is 10.0. The van der Waals surface area contributed by atoms with Gasteiger partial charge in [0.1, 0.15) is 12.6 Å². The maximum Gasteiger partial charge on any atom is 0.246 e. The van der Waals surface area contributed by atoms with Crippen LogP contribution in [-0.2, 0) is 14.3 Å². The van der Waals surface area contributed by atoms with E-state index in [0.29, 0.717) is 13.0 Å². The van der Waals surface area contributed by atoms with Crippen LogP contribution in [0, 0.1) is 0 Å². The van der Waals surface area contributed by atoms with Gasteiger partial charge in [-0.05, 0) is 13.3 Å². The predicted molar refractivity (Wildman–Crippen MR) is 61.4 cm³/mol. The quantitative estimate of drug-likeness (QED) is 0.642. The third kappa shape index (κ3) is 2.76. The number of hydrogen-bond donors (Lipinski definition) is 2. The molecular weight excluding hydrogens is 222 g/mol. The molecule has 1 atom stereocenters. The number of nitrogens with zero attached hydrogens (tertiary/aromatic N) is 1. The Morgan fingerprint density at radius 2 is 2.35 bits per heavy atom. The fraction of sp³-hybridized carbons (Fsp3) is 0.818. The van der Waals surface area contributed by atoms with Crippen molar-refractivity contribution in [2.45, 2.75) is 25.0 Å². The molecule has 2 amide bonds. The molecule has 2 N–H and O–H groups in total. The van der Waals surface area contributed by atoms with E-state index < -0.39 is 0 Å². The van der Waals surface area contributed by atoms with Crippen LogP contribution in [-0.4, -0.2) is 61.6 Å². The molecule has 2 rings (SSSR count). The topological polar surface area (TPSA) is 70.7 Å². The van der Waals surface area contributed by atoms with Crippen LogP contribution in [0.15, 0.2) is 0 Å². The lowest BCUT2D eigenvalue weighted by molar-refractivity contribution is -0.139. The van der Waals surface area contributed by atoms with E-state index in [1.54, 1.807) is 11.9 Å². The van der Waals surface area contributed by atoms with Crippen molar-refractivity contribution in [2.24, 2.45) is 0 Å². The number of amides is 2. The van der Waals surface area contributed by atoms with Crippen molar-refractivity contribution < 1.29 is 14.3 Å². The van der Waals surface area contributed by atoms with E-state index in [0.717, 1.165) is 13.1 Å². The number of nitrogens with one attached hydrogen (secondary N) is 2. The summed E-state index contributed by atoms with van der Waals surface area (Å²) in [5.41, 5.74) is -0.228. The minimum atomic E-state index is -0.372. The number of carbonyl (C=O) groups is 2. The average Bonchev–Trinajstić information content (AvgIpc) is 2.56. The summed E-state index contributed by atoms with van der Waals surface area (Å²) in [5.74, 6) is -0.235. The number of hydrogen-bond acceptors (Lipinski definition) is 4. The Hall–Kier alpha value is -1.14. The molecule has 2 aliphatic heterocycles. The smallest absolute Gasteiger partial charge is 0.246 e. The molecule has 17 heavy (non-hydrogen) atoms. The minimum absolute atomic E-state index is 0.0186. The van der Waals surface area contributed by atoms with Gasteiger partial charge in [0.2, 0.25) is 11.8 Å². The van der Waals surface area contributed by atoms with Gasteiger partial charge in [0.15, 0.2) is 0 Å². The molecule has 1 unspecified atom stereocenters. The molecule has 0 bridgehead atoms. The van der Waals surface area contributed by atoms with Gasteiger partial charge in [-0.2, -0.15) is 0 Å². The second kappa shape index (κ2) is 4.62. The lowest BCUT2D eigenvalue weighted by Gasteiger charge is -2.38. The monoisotopic (exact) mass is 241 g/mol. The van der Waals surface area contributed by atoms with Crippen LogP contribution in [0.2, 0.25) is 0 Å². The predicted octanol–water partition coefficient (Wildman–Crippen LogP) is -1.29. The standard InChI is InChI=1S/C11H19N3O3/c1-11(6-12-7-11)17-5-9(15)13-8-3-4-14(2)10(8)16/h8,12H,3-7H2,1-2H3,(H,13,15). The Balaban J connectivity index is 1.72. The highest BCUT2D eigenvalue weighted by Crippen LogP contribution is 2.15. The maximum atomic E-state index is 11.6. The molecule has 0 aliphatic carbocycles. The average molecular weight is 241 g/mol. The molecule has 6 nitrogen and oxygen atoms in total. The second-order valence-electron chi connectivity index (χ2n) is 5.01. The van der Waals surface area contributed by atoms with E-state index in [-0.39, 0.29) is 30.1 Å². The highest BCUT2D eigenvalue weighted by Gasteiger charge is 2.34. The summed E-state index contributed by atoms with van der Waals surface area (Å²) < 4.78 is 5.50. The van der Waals surface area contributed by atoms with E-state index in [4.69, 9.17) is 4.74 Å². The number of rotatable bonds is 4. The summed E-state index contributed by atoms with van der Waals surface area (Å²) in [7, 11) is 1.74. The SMILES string of the molecule is CN1CCC(NC(=O)COC2(C)CNC2)C1=O. The van der Waals surface area contributed by atoms with Gasteiger partial charge in [-0.15, -0.1) is 0 Å². The molecule has 0 saturated carbocycles. The first-order chi connectivity index (χ1) is 8.00. The van der Waals surface area contributed by atoms with E-state index in [1.165, 1.54) is 0 Å². The van der Waals surface area contributed by atoms with Crippen LogP contribution >= 0.6 is 0 Å². The number of carbonyl (C=O) groups excluding carboxylic acids is 2. The molecule has 2 fully saturated rings. The summed E-state index contributed by atoms with van der Waals surface area (Å²) >= 11 is 0. The summed E-state index contributed by atoms with van der Waals surface area (Å²) in [6, 6.07) is -0.372. The molecule has 2 saturated heterocycles. The van der Waals surface area contributed by atoms with Gasteiger partial charge >= 0.3 is 0 Å². The third-order valence-electron chi connectivity index (χ3n) is 3.31. The van der Waals surface area contributed by atoms with Crippen molar-refractivity contribution in [3.63, 3.8) is 0 Å². The van der Waals surface area contributed by atoms with Crippen LogP contribution in [0.5, 0.6) is 0 Å². The molecule has 0 aromatic heterocycles. The zero-order chi connectivity index (χ0) is 12.5. The van der Waals surface area contributed by atoms with E-state index in [1.807, 2.05) is 6.92 Å². The summed E-state index contributed by atoms with van der Waals surface area (Å²) in [6.07, 6.45) is 0.680. The lowest BCUT2D eigenvalue weighted by Crippen LogP contribution is -2.60. The molecule has 6 heteroatoms. The zero-order valence-corrected chi connectivity index (χ0v) is 10.3. The van der Waals surface area contributed by atoms with Crippen molar-refractivity contribution in [2.75, 3.05) is 33.3 Å². The number of likely N-dealkylation sites (tertiary alicyclic amines) is 1. The zero-order valence-electron chi connectivity index (χ0n) is 10.3. The summed E-state index contributed by atoms with van der Waals surface area (Å²) in [5, 5.41) is 5.80. The van der Waals surface area contributed by atoms with Gasteiger partial charge < -0.3 is 20.3 Å². The van der Waals surface area contributed by atoms with E-state index >= 15 is 0 Å². The molecule has 0 aromatic carbocycles. The van der Waals surface area contributed by atoms with Crippen molar-refractivity contribution in [1.82, 2.24) is 15.5 Å². The molecule has 2 aliphatic rings. The normalized spacial score (nSPS) is 26.8. The van der Waals surface area contributed by atoms with Crippen LogP contribution < -0.4 is 10.6 Å². The highest BCUT2D eigenvalue weighted by atomic mass is 16.5. The molecule has 2 heterocycles. The second-order valence-corrected chi connectivity index (χ2v) is 5.01. The Kier molecular flexibility index (Phi) is 3.35. The minimum Gasteiger partial charge on any atom is -0.363 e. The van der Waals surface area contributed by atoms with Gasteiger partial charge in [-0.1, -0.05) is 0 Å². The van der Waals surface area contributed by atoms with Crippen LogP contribution in [0.3, 0.4) is 0 Å². The first-order valence-electron chi connectivity index (χ1n) is 5.89. The molecular formula is C11H19N3O3. The largest absolute Gasteiger partial charge is 0.363 e. The van der Waals surface area contributed by atoms with Gasteiger partial charge in [0.25, 0.3) is 0 Å². The van der Waals surface area contributed by atoms with Gasteiger partial charge in [-0.3, -0.25) is 9.59 Å². The first kappa shape index (κ1) is 12.3. The number of likely N-dealkylation sites (N-methyl/N-ethyl adjacent to an activating group) is 1. The Bertz CT molecular complexity index is 328. The van der Waals surface area contributed by atoms with Gasteiger partial charge in [-0.25, -0.2) is 0 Å². The molecule has 0 spiro atoms. The summed E-state index contributed by atoms with van der Waals surface area (Å²) in [6.45, 7) is 4.22. The Morgan fingerprint density at radius 1 is 1.65 bits per heavy atom. The first-order valence-corrected chi connectivity index (χ1v) is 5.89. The van der Waals surface area contributed by atoms with Gasteiger partial charge in [0, 0.05) is 26.7 Å². The van der Waals surface area contributed by atoms with Crippen molar-refractivity contribution in [3.05, 3.63) is 0 Å². The van der Waals surface area contributed by atoms with Crippen LogP contribution in [0.1, 0.15) is 13.3 Å². The molecule has 0 radical (unpaired) electrons. The summed E-state index contributed by atoms with van der Waals surface area (Å²) in [4.78, 5) is 24.8.